The topological polar surface area (TPSA) is 55.9 Å². The highest BCUT2D eigenvalue weighted by atomic mass is 35.5. The minimum atomic E-state index is -0.260. The number of hydrogen-bond acceptors (Lipinski definition) is 3. The van der Waals surface area contributed by atoms with Crippen LogP contribution in [0.1, 0.15) is 24.4 Å². The molecule has 2 rings (SSSR count). The highest BCUT2D eigenvalue weighted by Crippen LogP contribution is 2.29. The van der Waals surface area contributed by atoms with E-state index in [1.807, 2.05) is 23.8 Å². The number of hydrogen-bond donors (Lipinski definition) is 2. The molecule has 1 unspecified atom stereocenters. The first-order valence-corrected chi connectivity index (χ1v) is 6.35. The van der Waals surface area contributed by atoms with Gasteiger partial charge in [-0.15, -0.1) is 0 Å². The van der Waals surface area contributed by atoms with Crippen LogP contribution in [0.25, 0.3) is 0 Å². The van der Waals surface area contributed by atoms with Crippen molar-refractivity contribution in [2.24, 2.45) is 5.84 Å². The summed E-state index contributed by atoms with van der Waals surface area (Å²) < 4.78 is 2.01. The van der Waals surface area contributed by atoms with Gasteiger partial charge in [0.1, 0.15) is 11.9 Å². The molecule has 0 radical (unpaired) electrons. The minimum Gasteiger partial charge on any atom is -0.334 e. The molecule has 3 N–H and O–H groups in total. The number of nitrogens with zero attached hydrogens (tertiary/aromatic N) is 2. The summed E-state index contributed by atoms with van der Waals surface area (Å²) in [6.07, 6.45) is 3.65. The van der Waals surface area contributed by atoms with Gasteiger partial charge in [-0.05, 0) is 24.6 Å². The van der Waals surface area contributed by atoms with Gasteiger partial charge in [-0.1, -0.05) is 29.3 Å². The number of halogens is 2. The molecule has 18 heavy (non-hydrogen) atoms. The molecule has 0 aliphatic carbocycles. The Kier molecular flexibility index (Phi) is 4.24. The van der Waals surface area contributed by atoms with E-state index in [-0.39, 0.29) is 6.04 Å². The van der Waals surface area contributed by atoms with Crippen LogP contribution in [-0.4, -0.2) is 9.55 Å². The van der Waals surface area contributed by atoms with Crippen molar-refractivity contribution in [2.75, 3.05) is 0 Å². The van der Waals surface area contributed by atoms with Crippen molar-refractivity contribution in [3.05, 3.63) is 52.0 Å². The van der Waals surface area contributed by atoms with Crippen molar-refractivity contribution in [3.8, 4) is 0 Å². The summed E-state index contributed by atoms with van der Waals surface area (Å²) in [5.41, 5.74) is 3.60. The summed E-state index contributed by atoms with van der Waals surface area (Å²) in [7, 11) is 0. The normalized spacial score (nSPS) is 12.7. The summed E-state index contributed by atoms with van der Waals surface area (Å²) in [6, 6.07) is 5.07. The molecule has 1 heterocycles. The number of imidazole rings is 1. The van der Waals surface area contributed by atoms with Crippen molar-refractivity contribution in [1.29, 1.82) is 0 Å². The molecule has 1 aromatic carbocycles. The van der Waals surface area contributed by atoms with Crippen LogP contribution in [0.2, 0.25) is 10.0 Å². The first-order chi connectivity index (χ1) is 8.67. The third-order valence-electron chi connectivity index (χ3n) is 2.79. The third-order valence-corrected chi connectivity index (χ3v) is 3.35. The van der Waals surface area contributed by atoms with Gasteiger partial charge in [0.15, 0.2) is 0 Å². The zero-order valence-corrected chi connectivity index (χ0v) is 11.4. The van der Waals surface area contributed by atoms with E-state index in [1.165, 1.54) is 0 Å². The molecular formula is C12H14Cl2N4. The van der Waals surface area contributed by atoms with Gasteiger partial charge in [0.05, 0.1) is 0 Å². The number of nitrogens with two attached hydrogens (primary N) is 1. The van der Waals surface area contributed by atoms with E-state index in [0.717, 1.165) is 17.9 Å². The average molecular weight is 285 g/mol. The number of nitrogens with one attached hydrogen (secondary N) is 1. The van der Waals surface area contributed by atoms with E-state index >= 15 is 0 Å². The number of aromatic nitrogens is 2. The second-order valence-corrected chi connectivity index (χ2v) is 4.68. The Morgan fingerprint density at radius 2 is 2.22 bits per heavy atom. The molecule has 96 valence electrons. The average Bonchev–Trinajstić information content (AvgIpc) is 2.81. The molecule has 0 fully saturated rings. The molecule has 0 saturated carbocycles. The SMILES string of the molecule is CCn1ccnc1C(NN)c1ccc(Cl)cc1Cl. The fraction of sp³-hybridized carbons (Fsp3) is 0.250. The maximum absolute atomic E-state index is 6.20. The second kappa shape index (κ2) is 5.71. The van der Waals surface area contributed by atoms with Gasteiger partial charge >= 0.3 is 0 Å². The minimum absolute atomic E-state index is 0.260. The van der Waals surface area contributed by atoms with Crippen LogP contribution in [0, 0.1) is 0 Å². The van der Waals surface area contributed by atoms with Gasteiger partial charge < -0.3 is 4.57 Å². The van der Waals surface area contributed by atoms with Crippen molar-refractivity contribution >= 4 is 23.2 Å². The second-order valence-electron chi connectivity index (χ2n) is 3.84. The first-order valence-electron chi connectivity index (χ1n) is 5.59. The predicted octanol–water partition coefficient (Wildman–Crippen LogP) is 2.76. The largest absolute Gasteiger partial charge is 0.334 e. The molecule has 0 aliphatic heterocycles. The lowest BCUT2D eigenvalue weighted by Gasteiger charge is -2.18. The Hall–Kier alpha value is -1.07. The maximum atomic E-state index is 6.20. The van der Waals surface area contributed by atoms with E-state index < -0.39 is 0 Å². The summed E-state index contributed by atoms with van der Waals surface area (Å²) in [5, 5.41) is 1.16. The van der Waals surface area contributed by atoms with Gasteiger partial charge in [0.2, 0.25) is 0 Å². The molecule has 1 atom stereocenters. The molecule has 1 aromatic heterocycles. The van der Waals surface area contributed by atoms with Crippen LogP contribution in [0.15, 0.2) is 30.6 Å². The number of rotatable bonds is 4. The van der Waals surface area contributed by atoms with E-state index in [4.69, 9.17) is 29.0 Å². The third kappa shape index (κ3) is 2.52. The molecule has 0 saturated heterocycles. The van der Waals surface area contributed by atoms with Gasteiger partial charge in [0.25, 0.3) is 0 Å². The highest BCUT2D eigenvalue weighted by Gasteiger charge is 2.20. The monoisotopic (exact) mass is 284 g/mol. The van der Waals surface area contributed by atoms with Gasteiger partial charge in [-0.3, -0.25) is 5.84 Å². The predicted molar refractivity (Wildman–Crippen MR) is 73.5 cm³/mol. The maximum Gasteiger partial charge on any atom is 0.131 e. The number of hydrazine groups is 1. The van der Waals surface area contributed by atoms with Crippen molar-refractivity contribution in [2.45, 2.75) is 19.5 Å². The van der Waals surface area contributed by atoms with Gasteiger partial charge in [0, 0.05) is 29.0 Å². The lowest BCUT2D eigenvalue weighted by molar-refractivity contribution is 0.561. The lowest BCUT2D eigenvalue weighted by atomic mass is 10.1. The summed E-state index contributed by atoms with van der Waals surface area (Å²) in [4.78, 5) is 4.33. The molecule has 0 aliphatic rings. The summed E-state index contributed by atoms with van der Waals surface area (Å²) >= 11 is 12.1. The Morgan fingerprint density at radius 3 is 2.83 bits per heavy atom. The Bertz CT molecular complexity index is 539. The lowest BCUT2D eigenvalue weighted by Crippen LogP contribution is -2.31. The molecule has 0 bridgehead atoms. The van der Waals surface area contributed by atoms with Crippen molar-refractivity contribution in [1.82, 2.24) is 15.0 Å². The van der Waals surface area contributed by atoms with Crippen molar-refractivity contribution < 1.29 is 0 Å². The van der Waals surface area contributed by atoms with Crippen LogP contribution in [0.5, 0.6) is 0 Å². The van der Waals surface area contributed by atoms with Crippen LogP contribution in [-0.2, 0) is 6.54 Å². The van der Waals surface area contributed by atoms with E-state index in [1.54, 1.807) is 18.3 Å². The molecule has 0 amide bonds. The quantitative estimate of drug-likeness (QED) is 0.671. The fourth-order valence-corrected chi connectivity index (χ4v) is 2.41. The molecule has 4 nitrogen and oxygen atoms in total. The van der Waals surface area contributed by atoms with E-state index in [2.05, 4.69) is 10.4 Å². The molecule has 2 aromatic rings. The number of benzene rings is 1. The van der Waals surface area contributed by atoms with Crippen molar-refractivity contribution in [3.63, 3.8) is 0 Å². The highest BCUT2D eigenvalue weighted by molar-refractivity contribution is 6.35. The van der Waals surface area contributed by atoms with Crippen LogP contribution >= 0.6 is 23.2 Å². The van der Waals surface area contributed by atoms with Gasteiger partial charge in [-0.2, -0.15) is 0 Å². The zero-order chi connectivity index (χ0) is 13.1. The molecule has 0 spiro atoms. The van der Waals surface area contributed by atoms with E-state index in [0.29, 0.717) is 10.0 Å². The summed E-state index contributed by atoms with van der Waals surface area (Å²) in [6.45, 7) is 2.86. The van der Waals surface area contributed by atoms with E-state index in [9.17, 15) is 0 Å². The standard InChI is InChI=1S/C12H14Cl2N4/c1-2-18-6-5-16-12(18)11(17-15)9-4-3-8(13)7-10(9)14/h3-7,11,17H,2,15H2,1H3. The smallest absolute Gasteiger partial charge is 0.131 e. The fourth-order valence-electron chi connectivity index (χ4n) is 1.89. The Balaban J connectivity index is 2.45. The van der Waals surface area contributed by atoms with Crippen LogP contribution in [0.4, 0.5) is 0 Å². The first kappa shape index (κ1) is 13.4. The number of aryl methyl sites for hydroxylation is 1. The van der Waals surface area contributed by atoms with Gasteiger partial charge in [-0.25, -0.2) is 10.4 Å². The van der Waals surface area contributed by atoms with Crippen LogP contribution < -0.4 is 11.3 Å². The molecule has 6 heteroatoms. The molecular weight excluding hydrogens is 271 g/mol. The summed E-state index contributed by atoms with van der Waals surface area (Å²) in [5.74, 6) is 6.45. The zero-order valence-electron chi connectivity index (χ0n) is 9.90. The Morgan fingerprint density at radius 1 is 1.44 bits per heavy atom. The van der Waals surface area contributed by atoms with Crippen LogP contribution in [0.3, 0.4) is 0 Å². The Labute approximate surface area is 116 Å².